The molecule has 1 aromatic heterocycles. The van der Waals surface area contributed by atoms with E-state index in [-0.39, 0.29) is 24.6 Å². The summed E-state index contributed by atoms with van der Waals surface area (Å²) in [6.07, 6.45) is 2.34. The van der Waals surface area contributed by atoms with Gasteiger partial charge in [-0.1, -0.05) is 17.3 Å². The summed E-state index contributed by atoms with van der Waals surface area (Å²) >= 11 is -2.23. The summed E-state index contributed by atoms with van der Waals surface area (Å²) in [4.78, 5) is 13.1. The number of aromatic nitrogens is 1. The zero-order valence-electron chi connectivity index (χ0n) is 15.4. The van der Waals surface area contributed by atoms with Gasteiger partial charge in [-0.3, -0.25) is 9.35 Å². The number of rotatable bonds is 7. The van der Waals surface area contributed by atoms with Crippen LogP contribution in [0.5, 0.6) is 0 Å². The summed E-state index contributed by atoms with van der Waals surface area (Å²) in [5, 5.41) is 6.70. The Morgan fingerprint density at radius 2 is 2.07 bits per heavy atom. The van der Waals surface area contributed by atoms with Crippen molar-refractivity contribution in [1.29, 1.82) is 0 Å². The number of hydrogen-bond donors (Lipinski definition) is 3. The van der Waals surface area contributed by atoms with Crippen molar-refractivity contribution in [3.63, 3.8) is 0 Å². The highest BCUT2D eigenvalue weighted by atomic mass is 32.2. The smallest absolute Gasteiger partial charge is 0.232 e. The fourth-order valence-corrected chi connectivity index (χ4v) is 3.60. The van der Waals surface area contributed by atoms with Crippen LogP contribution in [-0.2, 0) is 39.3 Å². The van der Waals surface area contributed by atoms with Gasteiger partial charge in [0.1, 0.15) is 12.1 Å². The molecule has 1 aromatic carbocycles. The fourth-order valence-electron chi connectivity index (χ4n) is 3.32. The molecule has 0 bridgehead atoms. The van der Waals surface area contributed by atoms with E-state index in [4.69, 9.17) is 13.8 Å². The van der Waals surface area contributed by atoms with Crippen molar-refractivity contribution >= 4 is 17.2 Å². The fraction of sp³-hybridized carbons (Fsp3) is 0.444. The third-order valence-electron chi connectivity index (χ3n) is 5.06. The van der Waals surface area contributed by atoms with E-state index in [0.29, 0.717) is 37.3 Å². The molecule has 0 saturated carbocycles. The molecule has 1 saturated heterocycles. The molecule has 0 aliphatic carbocycles. The van der Waals surface area contributed by atoms with Crippen LogP contribution in [0, 0.1) is 12.7 Å². The summed E-state index contributed by atoms with van der Waals surface area (Å²) in [7, 11) is 0. The van der Waals surface area contributed by atoms with E-state index in [2.05, 4.69) is 15.2 Å². The lowest BCUT2D eigenvalue weighted by Gasteiger charge is -2.36. The van der Waals surface area contributed by atoms with Crippen LogP contribution in [0.25, 0.3) is 0 Å². The zero-order valence-corrected chi connectivity index (χ0v) is 16.2. The molecule has 1 unspecified atom stereocenters. The van der Waals surface area contributed by atoms with Crippen molar-refractivity contribution in [2.75, 3.05) is 13.2 Å². The molecule has 8 nitrogen and oxygen atoms in total. The predicted molar refractivity (Wildman–Crippen MR) is 98.8 cm³/mol. The van der Waals surface area contributed by atoms with E-state index < -0.39 is 22.5 Å². The van der Waals surface area contributed by atoms with Crippen molar-refractivity contribution in [2.45, 2.75) is 38.3 Å². The van der Waals surface area contributed by atoms with Gasteiger partial charge in [0.15, 0.2) is 0 Å². The van der Waals surface area contributed by atoms with Gasteiger partial charge in [-0.15, -0.1) is 0 Å². The largest absolute Gasteiger partial charge is 0.381 e. The summed E-state index contributed by atoms with van der Waals surface area (Å²) in [6, 6.07) is 4.54. The lowest BCUT2D eigenvalue weighted by Crippen LogP contribution is -2.48. The van der Waals surface area contributed by atoms with Crippen LogP contribution in [0.2, 0.25) is 0 Å². The lowest BCUT2D eigenvalue weighted by atomic mass is 9.73. The average molecular weight is 411 g/mol. The van der Waals surface area contributed by atoms with Crippen molar-refractivity contribution in [3.8, 4) is 0 Å². The highest BCUT2D eigenvalue weighted by Gasteiger charge is 2.42. The van der Waals surface area contributed by atoms with E-state index in [9.17, 15) is 13.4 Å². The molecule has 0 radical (unpaired) electrons. The first-order valence-electron chi connectivity index (χ1n) is 8.81. The molecular formula is C18H22FN3O5S. The molecule has 2 aromatic rings. The van der Waals surface area contributed by atoms with Crippen LogP contribution in [-0.4, -0.2) is 33.0 Å². The SMILES string of the molecule is Cc1nocc1CNC(=O)C1(c2ccc(CNS(=O)O)c(F)c2)CCOCC1. The summed E-state index contributed by atoms with van der Waals surface area (Å²) < 4.78 is 46.6. The number of hydrogen-bond acceptors (Lipinski definition) is 5. The molecule has 0 spiro atoms. The molecule has 3 N–H and O–H groups in total. The number of amides is 1. The monoisotopic (exact) mass is 411 g/mol. The second kappa shape index (κ2) is 8.91. The Labute approximate surface area is 164 Å². The number of benzene rings is 1. The third-order valence-corrected chi connectivity index (χ3v) is 5.45. The van der Waals surface area contributed by atoms with Crippen molar-refractivity contribution < 1.29 is 27.2 Å². The van der Waals surface area contributed by atoms with Crippen molar-refractivity contribution in [1.82, 2.24) is 15.2 Å². The normalized spacial score (nSPS) is 17.2. The Hall–Kier alpha value is -2.14. The number of nitrogens with one attached hydrogen (secondary N) is 2. The van der Waals surface area contributed by atoms with E-state index in [1.54, 1.807) is 13.0 Å². The minimum absolute atomic E-state index is 0.0930. The molecule has 1 aliphatic rings. The van der Waals surface area contributed by atoms with Crippen molar-refractivity contribution in [2.24, 2.45) is 0 Å². The quantitative estimate of drug-likeness (QED) is 0.598. The van der Waals surface area contributed by atoms with E-state index in [1.165, 1.54) is 18.4 Å². The number of carbonyl (C=O) groups is 1. The Bertz CT molecular complexity index is 867. The molecule has 1 atom stereocenters. The first kappa shape index (κ1) is 20.6. The molecular weight excluding hydrogens is 389 g/mol. The van der Waals surface area contributed by atoms with Crippen LogP contribution in [0.4, 0.5) is 4.39 Å². The zero-order chi connectivity index (χ0) is 20.1. The van der Waals surface area contributed by atoms with E-state index in [0.717, 1.165) is 5.56 Å². The van der Waals surface area contributed by atoms with Gasteiger partial charge in [0.05, 0.1) is 11.1 Å². The Morgan fingerprint density at radius 3 is 2.68 bits per heavy atom. The van der Waals surface area contributed by atoms with Crippen LogP contribution in [0.15, 0.2) is 29.0 Å². The summed E-state index contributed by atoms with van der Waals surface area (Å²) in [5.74, 6) is -0.748. The Balaban J connectivity index is 1.82. The lowest BCUT2D eigenvalue weighted by molar-refractivity contribution is -0.130. The second-order valence-electron chi connectivity index (χ2n) is 6.68. The van der Waals surface area contributed by atoms with Crippen LogP contribution >= 0.6 is 0 Å². The maximum Gasteiger partial charge on any atom is 0.232 e. The molecule has 3 rings (SSSR count). The summed E-state index contributed by atoms with van der Waals surface area (Å²) in [6.45, 7) is 2.76. The molecule has 10 heteroatoms. The standard InChI is InChI=1S/C18H22FN3O5S/c1-12-14(11-27-22-12)9-20-17(23)18(4-6-26-7-5-18)15-3-2-13(16(19)8-15)10-21-28(24)25/h2-3,8,11,21H,4-7,9-10H2,1H3,(H,20,23)(H,24,25). The number of carbonyl (C=O) groups excluding carboxylic acids is 1. The van der Waals surface area contributed by atoms with E-state index in [1.807, 2.05) is 0 Å². The van der Waals surface area contributed by atoms with E-state index >= 15 is 0 Å². The Kier molecular flexibility index (Phi) is 6.55. The molecule has 1 amide bonds. The van der Waals surface area contributed by atoms with Gasteiger partial charge in [0.25, 0.3) is 0 Å². The predicted octanol–water partition coefficient (Wildman–Crippen LogP) is 1.71. The summed E-state index contributed by atoms with van der Waals surface area (Å²) in [5.41, 5.74) is 1.37. The first-order valence-corrected chi connectivity index (χ1v) is 9.92. The van der Waals surface area contributed by atoms with Crippen LogP contribution in [0.3, 0.4) is 0 Å². The third kappa shape index (κ3) is 4.46. The minimum Gasteiger partial charge on any atom is -0.381 e. The number of ether oxygens (including phenoxy) is 1. The number of aryl methyl sites for hydroxylation is 1. The average Bonchev–Trinajstić information content (AvgIpc) is 3.10. The highest BCUT2D eigenvalue weighted by Crippen LogP contribution is 2.36. The molecule has 28 heavy (non-hydrogen) atoms. The van der Waals surface area contributed by atoms with Gasteiger partial charge >= 0.3 is 0 Å². The maximum absolute atomic E-state index is 14.5. The van der Waals surface area contributed by atoms with Gasteiger partial charge in [0.2, 0.25) is 17.2 Å². The van der Waals surface area contributed by atoms with Gasteiger partial charge in [-0.25, -0.2) is 13.3 Å². The molecule has 1 fully saturated rings. The molecule has 152 valence electrons. The number of nitrogens with zero attached hydrogens (tertiary/aromatic N) is 1. The van der Waals surface area contributed by atoms with Crippen molar-refractivity contribution in [3.05, 3.63) is 52.7 Å². The van der Waals surface area contributed by atoms with Gasteiger partial charge in [0, 0.05) is 37.4 Å². The maximum atomic E-state index is 14.5. The van der Waals surface area contributed by atoms with Gasteiger partial charge in [-0.2, -0.15) is 0 Å². The second-order valence-corrected chi connectivity index (χ2v) is 7.47. The number of halogens is 1. The molecule has 2 heterocycles. The van der Waals surface area contributed by atoms with Gasteiger partial charge in [-0.05, 0) is 31.4 Å². The van der Waals surface area contributed by atoms with Gasteiger partial charge < -0.3 is 14.6 Å². The highest BCUT2D eigenvalue weighted by molar-refractivity contribution is 7.77. The van der Waals surface area contributed by atoms with Crippen LogP contribution < -0.4 is 10.0 Å². The molecule has 1 aliphatic heterocycles. The first-order chi connectivity index (χ1) is 13.4. The van der Waals surface area contributed by atoms with Crippen LogP contribution in [0.1, 0.15) is 35.2 Å². The Morgan fingerprint density at radius 1 is 1.32 bits per heavy atom. The minimum atomic E-state index is -2.23. The topological polar surface area (TPSA) is 114 Å².